The molecule has 0 saturated heterocycles. The Kier molecular flexibility index (Phi) is 6.60. The Morgan fingerprint density at radius 3 is 2.57 bits per heavy atom. The Morgan fingerprint density at radius 1 is 1.09 bits per heavy atom. The van der Waals surface area contributed by atoms with Crippen molar-refractivity contribution in [3.63, 3.8) is 0 Å². The van der Waals surface area contributed by atoms with Crippen LogP contribution in [-0.2, 0) is 4.74 Å². The number of hydrogen-bond acceptors (Lipinski definition) is 8. The summed E-state index contributed by atoms with van der Waals surface area (Å²) >= 11 is 0. The summed E-state index contributed by atoms with van der Waals surface area (Å²) in [6.07, 6.45) is 5.07. The first-order valence-corrected chi connectivity index (χ1v) is 7.42. The second-order valence-corrected chi connectivity index (χ2v) is 4.88. The lowest BCUT2D eigenvalue weighted by Crippen LogP contribution is -2.13. The number of nitrogens with one attached hydrogen (secondary N) is 1. The molecule has 1 heterocycles. The molecule has 0 bridgehead atoms. The second-order valence-electron chi connectivity index (χ2n) is 4.88. The molecule has 0 amide bonds. The van der Waals surface area contributed by atoms with Gasteiger partial charge in [-0.25, -0.2) is 0 Å². The number of nitrogens with zero attached hydrogens (tertiary/aromatic N) is 3. The zero-order valence-electron chi connectivity index (χ0n) is 12.9. The van der Waals surface area contributed by atoms with Gasteiger partial charge in [-0.05, 0) is 25.5 Å². The highest BCUT2D eigenvalue weighted by Crippen LogP contribution is 2.32. The van der Waals surface area contributed by atoms with Crippen LogP contribution in [0.1, 0.15) is 12.8 Å². The monoisotopic (exact) mass is 321 g/mol. The third-order valence-corrected chi connectivity index (χ3v) is 3.23. The number of nitrogen functional groups attached to an aromatic ring is 2. The Balaban J connectivity index is 1.96. The predicted octanol–water partition coefficient (Wildman–Crippen LogP) is 0.269. The molecular weight excluding hydrogens is 298 g/mol. The Labute approximate surface area is 134 Å². The van der Waals surface area contributed by atoms with Gasteiger partial charge in [0.1, 0.15) is 25.0 Å². The molecule has 23 heavy (non-hydrogen) atoms. The summed E-state index contributed by atoms with van der Waals surface area (Å²) in [5, 5.41) is 7.55. The molecule has 2 aromatic rings. The molecule has 0 fully saturated rings. The number of rotatable bonds is 10. The summed E-state index contributed by atoms with van der Waals surface area (Å²) in [5.74, 6) is 6.03. The third kappa shape index (κ3) is 4.81. The normalized spacial score (nSPS) is 10.7. The van der Waals surface area contributed by atoms with Gasteiger partial charge in [0.2, 0.25) is 0 Å². The highest BCUT2D eigenvalue weighted by atomic mass is 16.5. The van der Waals surface area contributed by atoms with E-state index < -0.39 is 0 Å². The number of ether oxygens (including phenoxy) is 2. The fourth-order valence-electron chi connectivity index (χ4n) is 2.00. The third-order valence-electron chi connectivity index (χ3n) is 3.23. The van der Waals surface area contributed by atoms with E-state index in [9.17, 15) is 0 Å². The minimum atomic E-state index is 0.391. The van der Waals surface area contributed by atoms with Crippen molar-refractivity contribution >= 4 is 11.4 Å². The van der Waals surface area contributed by atoms with Crippen molar-refractivity contribution in [1.82, 2.24) is 14.8 Å². The minimum absolute atomic E-state index is 0.391. The van der Waals surface area contributed by atoms with E-state index in [1.807, 2.05) is 0 Å². The van der Waals surface area contributed by atoms with Crippen molar-refractivity contribution in [3.8, 4) is 11.4 Å². The largest absolute Gasteiger partial charge is 0.489 e. The standard InChI is InChI=1S/C14H23N7O2/c15-3-1-2-4-22-5-6-23-13-8-11(21-9-18-19-10-21)7-12(20-17)14(13)16/h7-10,20H,1-6,15-17H2. The van der Waals surface area contributed by atoms with Crippen LogP contribution in [0.3, 0.4) is 0 Å². The van der Waals surface area contributed by atoms with Crippen LogP contribution in [-0.4, -0.2) is 41.1 Å². The van der Waals surface area contributed by atoms with Crippen LogP contribution in [0.5, 0.6) is 5.75 Å². The van der Waals surface area contributed by atoms with Gasteiger partial charge in [-0.3, -0.25) is 10.4 Å². The van der Waals surface area contributed by atoms with Crippen LogP contribution >= 0.6 is 0 Å². The first kappa shape index (κ1) is 17.0. The molecule has 1 aromatic carbocycles. The summed E-state index contributed by atoms with van der Waals surface area (Å²) in [4.78, 5) is 0. The topological polar surface area (TPSA) is 139 Å². The second kappa shape index (κ2) is 8.93. The number of unbranched alkanes of at least 4 members (excludes halogenated alkanes) is 1. The fraction of sp³-hybridized carbons (Fsp3) is 0.429. The summed E-state index contributed by atoms with van der Waals surface area (Å²) < 4.78 is 12.9. The first-order chi connectivity index (χ1) is 11.3. The van der Waals surface area contributed by atoms with Gasteiger partial charge in [0.25, 0.3) is 0 Å². The molecule has 0 aliphatic rings. The highest BCUT2D eigenvalue weighted by Gasteiger charge is 2.10. The van der Waals surface area contributed by atoms with Crippen LogP contribution in [0.2, 0.25) is 0 Å². The summed E-state index contributed by atoms with van der Waals surface area (Å²) in [6, 6.07) is 3.59. The lowest BCUT2D eigenvalue weighted by atomic mass is 10.2. The average Bonchev–Trinajstić information content (AvgIpc) is 3.10. The fourth-order valence-corrected chi connectivity index (χ4v) is 2.00. The van der Waals surface area contributed by atoms with Crippen molar-refractivity contribution in [2.24, 2.45) is 11.6 Å². The minimum Gasteiger partial charge on any atom is -0.489 e. The molecule has 2 rings (SSSR count). The van der Waals surface area contributed by atoms with Gasteiger partial charge in [-0.15, -0.1) is 10.2 Å². The van der Waals surface area contributed by atoms with Gasteiger partial charge >= 0.3 is 0 Å². The van der Waals surface area contributed by atoms with E-state index in [0.29, 0.717) is 43.5 Å². The number of aromatic nitrogens is 3. The van der Waals surface area contributed by atoms with E-state index in [1.54, 1.807) is 29.4 Å². The van der Waals surface area contributed by atoms with Gasteiger partial charge in [-0.1, -0.05) is 0 Å². The van der Waals surface area contributed by atoms with Crippen LogP contribution in [0.25, 0.3) is 5.69 Å². The maximum Gasteiger partial charge on any atom is 0.146 e. The Morgan fingerprint density at radius 2 is 1.87 bits per heavy atom. The molecule has 0 saturated carbocycles. The molecular formula is C14H23N7O2. The van der Waals surface area contributed by atoms with Gasteiger partial charge in [-0.2, -0.15) is 0 Å². The maximum atomic E-state index is 6.03. The number of benzene rings is 1. The summed E-state index contributed by atoms with van der Waals surface area (Å²) in [7, 11) is 0. The summed E-state index contributed by atoms with van der Waals surface area (Å²) in [5.41, 5.74) is 15.8. The molecule has 126 valence electrons. The van der Waals surface area contributed by atoms with Crippen LogP contribution in [0.15, 0.2) is 24.8 Å². The van der Waals surface area contributed by atoms with E-state index in [4.69, 9.17) is 26.8 Å². The molecule has 0 aliphatic carbocycles. The van der Waals surface area contributed by atoms with Crippen molar-refractivity contribution in [2.75, 3.05) is 37.5 Å². The zero-order chi connectivity index (χ0) is 16.5. The lowest BCUT2D eigenvalue weighted by molar-refractivity contribution is 0.0980. The molecule has 0 radical (unpaired) electrons. The SMILES string of the molecule is NCCCCOCCOc1cc(-n2cnnc2)cc(NN)c1N. The number of hydrogen-bond donors (Lipinski definition) is 4. The Hall–Kier alpha value is -2.36. The van der Waals surface area contributed by atoms with Gasteiger partial charge in [0.05, 0.1) is 23.7 Å². The van der Waals surface area contributed by atoms with E-state index in [0.717, 1.165) is 18.5 Å². The highest BCUT2D eigenvalue weighted by molar-refractivity contribution is 5.75. The lowest BCUT2D eigenvalue weighted by Gasteiger charge is -2.15. The van der Waals surface area contributed by atoms with Crippen molar-refractivity contribution in [3.05, 3.63) is 24.8 Å². The van der Waals surface area contributed by atoms with E-state index in [2.05, 4.69) is 15.6 Å². The maximum absolute atomic E-state index is 6.03. The van der Waals surface area contributed by atoms with E-state index in [1.165, 1.54) is 0 Å². The zero-order valence-corrected chi connectivity index (χ0v) is 12.9. The Bertz CT molecular complexity index is 589. The number of hydrazine groups is 1. The van der Waals surface area contributed by atoms with Gasteiger partial charge in [0, 0.05) is 12.7 Å². The molecule has 0 unspecified atom stereocenters. The first-order valence-electron chi connectivity index (χ1n) is 7.42. The molecule has 7 N–H and O–H groups in total. The van der Waals surface area contributed by atoms with Crippen LogP contribution in [0, 0.1) is 0 Å². The number of anilines is 2. The molecule has 9 heteroatoms. The number of nitrogens with two attached hydrogens (primary N) is 3. The quantitative estimate of drug-likeness (QED) is 0.212. The van der Waals surface area contributed by atoms with Crippen molar-refractivity contribution in [2.45, 2.75) is 12.8 Å². The van der Waals surface area contributed by atoms with Gasteiger partial charge in [0.15, 0.2) is 0 Å². The summed E-state index contributed by atoms with van der Waals surface area (Å²) in [6.45, 7) is 2.22. The molecule has 0 spiro atoms. The molecule has 0 atom stereocenters. The molecule has 1 aromatic heterocycles. The smallest absolute Gasteiger partial charge is 0.146 e. The average molecular weight is 321 g/mol. The molecule has 0 aliphatic heterocycles. The van der Waals surface area contributed by atoms with Crippen molar-refractivity contribution in [1.29, 1.82) is 0 Å². The van der Waals surface area contributed by atoms with Crippen LogP contribution in [0.4, 0.5) is 11.4 Å². The van der Waals surface area contributed by atoms with E-state index >= 15 is 0 Å². The van der Waals surface area contributed by atoms with Crippen molar-refractivity contribution < 1.29 is 9.47 Å². The van der Waals surface area contributed by atoms with Crippen LogP contribution < -0.4 is 27.5 Å². The van der Waals surface area contributed by atoms with E-state index in [-0.39, 0.29) is 0 Å². The predicted molar refractivity (Wildman–Crippen MR) is 88.2 cm³/mol. The van der Waals surface area contributed by atoms with Gasteiger partial charge < -0.3 is 26.4 Å². The molecule has 9 nitrogen and oxygen atoms in total.